The number of aryl methyl sites for hydroxylation is 3. The van der Waals surface area contributed by atoms with Gasteiger partial charge in [0.1, 0.15) is 0 Å². The Morgan fingerprint density at radius 1 is 0.760 bits per heavy atom. The quantitative estimate of drug-likeness (QED) is 0.281. The average molecular weight is 349 g/mol. The van der Waals surface area contributed by atoms with Crippen LogP contribution in [0.15, 0.2) is 0 Å². The number of aromatic amines is 3. The fourth-order valence-corrected chi connectivity index (χ4v) is 2.55. The van der Waals surface area contributed by atoms with E-state index in [-0.39, 0.29) is 24.2 Å². The number of H-pyrrole nitrogens is 3. The molecule has 25 heavy (non-hydrogen) atoms. The molecule has 0 aliphatic heterocycles. The van der Waals surface area contributed by atoms with Crippen LogP contribution in [0.2, 0.25) is 0 Å². The molecule has 0 spiro atoms. The number of hydrogen-bond acceptors (Lipinski definition) is 11. The van der Waals surface area contributed by atoms with Gasteiger partial charge in [-0.05, 0) is 0 Å². The van der Waals surface area contributed by atoms with E-state index in [4.69, 9.17) is 0 Å². The summed E-state index contributed by atoms with van der Waals surface area (Å²) >= 11 is 0. The van der Waals surface area contributed by atoms with Gasteiger partial charge in [-0.2, -0.15) is 15.6 Å². The molecule has 0 atom stereocenters. The van der Waals surface area contributed by atoms with E-state index in [1.54, 1.807) is 0 Å². The lowest BCUT2D eigenvalue weighted by Gasteiger charge is -2.24. The predicted molar refractivity (Wildman–Crippen MR) is 77.2 cm³/mol. The maximum atomic E-state index is 11.9. The first-order chi connectivity index (χ1) is 12.2. The molecule has 15 heteroatoms. The van der Waals surface area contributed by atoms with Gasteiger partial charge in [-0.3, -0.25) is 10.1 Å². The maximum absolute atomic E-state index is 11.9. The first kappa shape index (κ1) is 16.5. The molecule has 3 aromatic rings. The number of nitrogens with one attached hydrogen (secondary N) is 3. The van der Waals surface area contributed by atoms with Crippen LogP contribution in [0.1, 0.15) is 36.7 Å². The van der Waals surface area contributed by atoms with Gasteiger partial charge in [-0.1, -0.05) is 15.6 Å². The van der Waals surface area contributed by atoms with Gasteiger partial charge < -0.3 is 0 Å². The summed E-state index contributed by atoms with van der Waals surface area (Å²) in [6.45, 7) is 0. The normalized spacial score (nSPS) is 11.7. The number of nitrogens with zero attached hydrogens (tertiary/aromatic N) is 10. The fourth-order valence-electron chi connectivity index (χ4n) is 2.55. The standard InChI is InChI=1S/C10H15N13O2/c24-23(25)10(4-1-7-11-17-18-12-7,5-2-8-13-19-20-14-8)6-3-9-15-21-22-16-9/h1-6H2,(H,11,12,17,18)(H,13,14,19,20)(H,15,16,21,22). The molecule has 3 rings (SSSR count). The summed E-state index contributed by atoms with van der Waals surface area (Å²) in [4.78, 5) is 11.6. The molecule has 132 valence electrons. The highest BCUT2D eigenvalue weighted by Crippen LogP contribution is 2.28. The molecular weight excluding hydrogens is 334 g/mol. The van der Waals surface area contributed by atoms with E-state index in [0.717, 1.165) is 0 Å². The van der Waals surface area contributed by atoms with E-state index in [9.17, 15) is 10.1 Å². The van der Waals surface area contributed by atoms with Crippen molar-refractivity contribution in [2.45, 2.75) is 44.1 Å². The molecule has 0 aliphatic carbocycles. The molecule has 15 nitrogen and oxygen atoms in total. The lowest BCUT2D eigenvalue weighted by molar-refractivity contribution is -0.574. The topological polar surface area (TPSA) is 207 Å². The van der Waals surface area contributed by atoms with E-state index < -0.39 is 5.54 Å². The molecule has 0 amide bonds. The van der Waals surface area contributed by atoms with Gasteiger partial charge in [0, 0.05) is 43.4 Å². The van der Waals surface area contributed by atoms with Crippen LogP contribution in [-0.4, -0.2) is 72.3 Å². The molecule has 0 radical (unpaired) electrons. The van der Waals surface area contributed by atoms with Crippen molar-refractivity contribution < 1.29 is 4.92 Å². The van der Waals surface area contributed by atoms with Gasteiger partial charge in [-0.15, -0.1) is 30.6 Å². The van der Waals surface area contributed by atoms with Crippen LogP contribution >= 0.6 is 0 Å². The van der Waals surface area contributed by atoms with Crippen LogP contribution in [-0.2, 0) is 19.3 Å². The number of tetrazole rings is 3. The Morgan fingerprint density at radius 3 is 1.36 bits per heavy atom. The lowest BCUT2D eigenvalue weighted by atomic mass is 9.84. The molecule has 3 aromatic heterocycles. The Labute approximate surface area is 139 Å². The third-order valence-electron chi connectivity index (χ3n) is 4.00. The van der Waals surface area contributed by atoms with Crippen molar-refractivity contribution in [3.05, 3.63) is 27.6 Å². The molecule has 0 unspecified atom stereocenters. The van der Waals surface area contributed by atoms with E-state index in [1.807, 2.05) is 0 Å². The lowest BCUT2D eigenvalue weighted by Crippen LogP contribution is -2.40. The van der Waals surface area contributed by atoms with E-state index in [0.29, 0.717) is 36.7 Å². The van der Waals surface area contributed by atoms with Gasteiger partial charge in [0.2, 0.25) is 5.54 Å². The van der Waals surface area contributed by atoms with E-state index in [2.05, 4.69) is 61.9 Å². The highest BCUT2D eigenvalue weighted by Gasteiger charge is 2.42. The van der Waals surface area contributed by atoms with Crippen molar-refractivity contribution in [2.75, 3.05) is 0 Å². The van der Waals surface area contributed by atoms with Gasteiger partial charge >= 0.3 is 0 Å². The molecule has 0 aromatic carbocycles. The fraction of sp³-hybridized carbons (Fsp3) is 0.700. The van der Waals surface area contributed by atoms with Crippen LogP contribution in [0.5, 0.6) is 0 Å². The zero-order valence-corrected chi connectivity index (χ0v) is 13.0. The van der Waals surface area contributed by atoms with Crippen LogP contribution in [0, 0.1) is 10.1 Å². The van der Waals surface area contributed by atoms with Crippen molar-refractivity contribution in [1.82, 2.24) is 61.9 Å². The monoisotopic (exact) mass is 349 g/mol. The van der Waals surface area contributed by atoms with Crippen molar-refractivity contribution >= 4 is 0 Å². The second kappa shape index (κ2) is 7.45. The highest BCUT2D eigenvalue weighted by atomic mass is 16.6. The number of nitro groups is 1. The highest BCUT2D eigenvalue weighted by molar-refractivity contribution is 4.92. The zero-order valence-electron chi connectivity index (χ0n) is 13.0. The van der Waals surface area contributed by atoms with Crippen molar-refractivity contribution in [3.63, 3.8) is 0 Å². The van der Waals surface area contributed by atoms with Crippen LogP contribution in [0.3, 0.4) is 0 Å². The molecule has 0 bridgehead atoms. The summed E-state index contributed by atoms with van der Waals surface area (Å²) in [6, 6.07) is 0. The minimum absolute atomic E-state index is 0.231. The van der Waals surface area contributed by atoms with Crippen molar-refractivity contribution in [3.8, 4) is 0 Å². The molecule has 0 saturated carbocycles. The summed E-state index contributed by atoms with van der Waals surface area (Å²) in [5.74, 6) is 1.26. The molecule has 3 heterocycles. The first-order valence-electron chi connectivity index (χ1n) is 7.49. The van der Waals surface area contributed by atoms with Gasteiger partial charge in [0.15, 0.2) is 17.5 Å². The van der Waals surface area contributed by atoms with Gasteiger partial charge in [0.25, 0.3) is 0 Å². The number of rotatable bonds is 10. The Balaban J connectivity index is 1.73. The minimum atomic E-state index is -1.23. The Bertz CT molecular complexity index is 659. The maximum Gasteiger partial charge on any atom is 0.223 e. The van der Waals surface area contributed by atoms with E-state index in [1.165, 1.54) is 0 Å². The van der Waals surface area contributed by atoms with Gasteiger partial charge in [0.05, 0.1) is 0 Å². The van der Waals surface area contributed by atoms with E-state index >= 15 is 0 Å². The zero-order chi connectivity index (χ0) is 17.5. The molecular formula is C10H15N13O2. The second-order valence-corrected chi connectivity index (χ2v) is 5.47. The largest absolute Gasteiger partial charge is 0.264 e. The van der Waals surface area contributed by atoms with Gasteiger partial charge in [-0.25, -0.2) is 0 Å². The molecule has 3 N–H and O–H groups in total. The predicted octanol–water partition coefficient (Wildman–Crippen LogP) is -1.56. The average Bonchev–Trinajstić information content (AvgIpc) is 3.37. The smallest absolute Gasteiger partial charge is 0.223 e. The second-order valence-electron chi connectivity index (χ2n) is 5.47. The third-order valence-corrected chi connectivity index (χ3v) is 4.00. The number of hydrogen-bond donors (Lipinski definition) is 3. The van der Waals surface area contributed by atoms with Crippen molar-refractivity contribution in [2.24, 2.45) is 0 Å². The Kier molecular flexibility index (Phi) is 4.91. The molecule has 0 fully saturated rings. The molecule has 0 saturated heterocycles. The summed E-state index contributed by atoms with van der Waals surface area (Å²) in [7, 11) is 0. The Morgan fingerprint density at radius 2 is 1.12 bits per heavy atom. The minimum Gasteiger partial charge on any atom is -0.264 e. The summed E-state index contributed by atoms with van der Waals surface area (Å²) < 4.78 is 0. The summed E-state index contributed by atoms with van der Waals surface area (Å²) in [5.41, 5.74) is -1.23. The molecule has 0 aliphatic rings. The number of aromatic nitrogens is 12. The first-order valence-corrected chi connectivity index (χ1v) is 7.49. The van der Waals surface area contributed by atoms with Crippen molar-refractivity contribution in [1.29, 1.82) is 0 Å². The van der Waals surface area contributed by atoms with Crippen LogP contribution in [0.4, 0.5) is 0 Å². The van der Waals surface area contributed by atoms with Crippen LogP contribution in [0.25, 0.3) is 0 Å². The summed E-state index contributed by atoms with van der Waals surface area (Å²) in [5, 5.41) is 52.4. The van der Waals surface area contributed by atoms with Crippen LogP contribution < -0.4 is 0 Å². The Hall–Kier alpha value is -3.39. The SMILES string of the molecule is O=[N+]([O-])C(CCc1nn[nH]n1)(CCc1nn[nH]n1)CCc1nn[nH]n1. The summed E-state index contributed by atoms with van der Waals surface area (Å²) in [6.07, 6.45) is 1.64. The third kappa shape index (κ3) is 4.12.